The molecule has 0 spiro atoms. The Labute approximate surface area is 128 Å². The molecule has 0 radical (unpaired) electrons. The van der Waals surface area contributed by atoms with Gasteiger partial charge in [-0.2, -0.15) is 0 Å². The molecule has 21 heavy (non-hydrogen) atoms. The average molecular weight is 289 g/mol. The Balaban J connectivity index is 1.68. The van der Waals surface area contributed by atoms with Crippen LogP contribution in [-0.4, -0.2) is 74.0 Å². The van der Waals surface area contributed by atoms with Crippen LogP contribution < -0.4 is 0 Å². The van der Waals surface area contributed by atoms with Gasteiger partial charge in [0.05, 0.1) is 0 Å². The molecule has 0 atom stereocenters. The van der Waals surface area contributed by atoms with E-state index in [0.29, 0.717) is 12.3 Å². The van der Waals surface area contributed by atoms with Gasteiger partial charge in [-0.3, -0.25) is 9.69 Å². The number of piperazine rings is 1. The second kappa shape index (κ2) is 8.15. The van der Waals surface area contributed by atoms with Crippen LogP contribution in [0.5, 0.6) is 0 Å². The number of nitrogens with zero attached hydrogens (tertiary/aromatic N) is 3. The summed E-state index contributed by atoms with van der Waals surface area (Å²) in [6.07, 6.45) is 1.47. The number of benzene rings is 1. The Bertz CT molecular complexity index is 425. The highest BCUT2D eigenvalue weighted by molar-refractivity contribution is 5.76. The number of carbonyl (C=O) groups is 1. The monoisotopic (exact) mass is 289 g/mol. The molecule has 0 saturated carbocycles. The number of rotatable bonds is 6. The Kier molecular flexibility index (Phi) is 6.21. The summed E-state index contributed by atoms with van der Waals surface area (Å²) < 4.78 is 0. The van der Waals surface area contributed by atoms with Gasteiger partial charge in [0.15, 0.2) is 0 Å². The first-order valence-electron chi connectivity index (χ1n) is 7.84. The Morgan fingerprint density at radius 1 is 1.10 bits per heavy atom. The van der Waals surface area contributed by atoms with Gasteiger partial charge in [0.25, 0.3) is 0 Å². The van der Waals surface area contributed by atoms with Gasteiger partial charge in [-0.1, -0.05) is 30.3 Å². The van der Waals surface area contributed by atoms with Gasteiger partial charge in [0.1, 0.15) is 0 Å². The number of amides is 1. The summed E-state index contributed by atoms with van der Waals surface area (Å²) in [6, 6.07) is 10.3. The lowest BCUT2D eigenvalue weighted by atomic mass is 10.1. The van der Waals surface area contributed by atoms with Crippen molar-refractivity contribution < 1.29 is 4.79 Å². The summed E-state index contributed by atoms with van der Waals surface area (Å²) >= 11 is 0. The van der Waals surface area contributed by atoms with Gasteiger partial charge in [-0.05, 0) is 26.1 Å². The maximum absolute atomic E-state index is 12.2. The molecular weight excluding hydrogens is 262 g/mol. The highest BCUT2D eigenvalue weighted by atomic mass is 16.2. The minimum absolute atomic E-state index is 0.297. The van der Waals surface area contributed by atoms with Crippen molar-refractivity contribution in [3.8, 4) is 0 Å². The molecule has 0 N–H and O–H groups in total. The molecule has 1 amide bonds. The van der Waals surface area contributed by atoms with E-state index in [1.165, 1.54) is 5.56 Å². The van der Waals surface area contributed by atoms with Gasteiger partial charge in [-0.25, -0.2) is 0 Å². The molecule has 1 aromatic carbocycles. The molecule has 0 bridgehead atoms. The van der Waals surface area contributed by atoms with Gasteiger partial charge >= 0.3 is 0 Å². The van der Waals surface area contributed by atoms with E-state index >= 15 is 0 Å². The highest BCUT2D eigenvalue weighted by Gasteiger charge is 2.20. The molecule has 1 saturated heterocycles. The zero-order valence-electron chi connectivity index (χ0n) is 13.3. The summed E-state index contributed by atoms with van der Waals surface area (Å²) in [7, 11) is 4.20. The summed E-state index contributed by atoms with van der Waals surface area (Å²) in [6.45, 7) is 5.94. The molecular formula is C17H27N3O. The zero-order valence-corrected chi connectivity index (χ0v) is 13.3. The van der Waals surface area contributed by atoms with Gasteiger partial charge in [0, 0.05) is 45.7 Å². The van der Waals surface area contributed by atoms with Crippen molar-refractivity contribution in [1.82, 2.24) is 14.7 Å². The Hall–Kier alpha value is -1.39. The van der Waals surface area contributed by atoms with Crippen molar-refractivity contribution in [3.63, 3.8) is 0 Å². The minimum Gasteiger partial charge on any atom is -0.340 e. The molecule has 0 unspecified atom stereocenters. The lowest BCUT2D eigenvalue weighted by Gasteiger charge is -2.35. The van der Waals surface area contributed by atoms with E-state index < -0.39 is 0 Å². The summed E-state index contributed by atoms with van der Waals surface area (Å²) in [4.78, 5) is 18.9. The van der Waals surface area contributed by atoms with Crippen molar-refractivity contribution in [2.45, 2.75) is 12.8 Å². The smallest absolute Gasteiger partial charge is 0.222 e. The third-order valence-corrected chi connectivity index (χ3v) is 4.06. The second-order valence-electron chi connectivity index (χ2n) is 6.01. The predicted octanol–water partition coefficient (Wildman–Crippen LogP) is 1.32. The predicted molar refractivity (Wildman–Crippen MR) is 86.3 cm³/mol. The SMILES string of the molecule is CN(C)CCN1CCN(C(=O)CCc2ccccc2)CC1. The first kappa shape index (κ1) is 16.0. The normalized spacial score (nSPS) is 16.4. The number of likely N-dealkylation sites (N-methyl/N-ethyl adjacent to an activating group) is 1. The quantitative estimate of drug-likeness (QED) is 0.790. The van der Waals surface area contributed by atoms with Crippen LogP contribution in [0.2, 0.25) is 0 Å². The lowest BCUT2D eigenvalue weighted by molar-refractivity contribution is -0.132. The Morgan fingerprint density at radius 2 is 1.76 bits per heavy atom. The van der Waals surface area contributed by atoms with Crippen molar-refractivity contribution in [3.05, 3.63) is 35.9 Å². The van der Waals surface area contributed by atoms with E-state index in [1.807, 2.05) is 23.1 Å². The number of carbonyl (C=O) groups excluding carboxylic acids is 1. The fourth-order valence-electron chi connectivity index (χ4n) is 2.62. The number of hydrogen-bond donors (Lipinski definition) is 0. The van der Waals surface area contributed by atoms with Gasteiger partial charge < -0.3 is 9.80 Å². The van der Waals surface area contributed by atoms with Crippen LogP contribution in [0, 0.1) is 0 Å². The molecule has 1 aliphatic heterocycles. The van der Waals surface area contributed by atoms with E-state index in [-0.39, 0.29) is 0 Å². The van der Waals surface area contributed by atoms with Crippen LogP contribution in [0.3, 0.4) is 0 Å². The van der Waals surface area contributed by atoms with Crippen LogP contribution in [0.25, 0.3) is 0 Å². The number of hydrogen-bond acceptors (Lipinski definition) is 3. The molecule has 116 valence electrons. The molecule has 1 heterocycles. The fourth-order valence-corrected chi connectivity index (χ4v) is 2.62. The van der Waals surface area contributed by atoms with E-state index in [9.17, 15) is 4.79 Å². The fraction of sp³-hybridized carbons (Fsp3) is 0.588. The van der Waals surface area contributed by atoms with Gasteiger partial charge in [-0.15, -0.1) is 0 Å². The molecule has 1 aliphatic rings. The lowest BCUT2D eigenvalue weighted by Crippen LogP contribution is -2.50. The first-order valence-corrected chi connectivity index (χ1v) is 7.84. The Morgan fingerprint density at radius 3 is 2.38 bits per heavy atom. The molecule has 0 aliphatic carbocycles. The molecule has 0 aromatic heterocycles. The maximum atomic E-state index is 12.2. The summed E-state index contributed by atoms with van der Waals surface area (Å²) in [5.41, 5.74) is 1.25. The molecule has 4 heteroatoms. The second-order valence-corrected chi connectivity index (χ2v) is 6.01. The van der Waals surface area contributed by atoms with Crippen LogP contribution in [0.1, 0.15) is 12.0 Å². The summed E-state index contributed by atoms with van der Waals surface area (Å²) in [5, 5.41) is 0. The molecule has 1 aromatic rings. The number of aryl methyl sites for hydroxylation is 1. The van der Waals surface area contributed by atoms with Crippen molar-refractivity contribution >= 4 is 5.91 Å². The van der Waals surface area contributed by atoms with E-state index in [1.54, 1.807) is 0 Å². The first-order chi connectivity index (χ1) is 10.1. The van der Waals surface area contributed by atoms with Crippen molar-refractivity contribution in [1.29, 1.82) is 0 Å². The van der Waals surface area contributed by atoms with Crippen molar-refractivity contribution in [2.24, 2.45) is 0 Å². The van der Waals surface area contributed by atoms with Crippen LogP contribution in [-0.2, 0) is 11.2 Å². The van der Waals surface area contributed by atoms with Crippen LogP contribution in [0.4, 0.5) is 0 Å². The summed E-state index contributed by atoms with van der Waals surface area (Å²) in [5.74, 6) is 0.297. The largest absolute Gasteiger partial charge is 0.340 e. The molecule has 1 fully saturated rings. The molecule has 2 rings (SSSR count). The average Bonchev–Trinajstić information content (AvgIpc) is 2.52. The topological polar surface area (TPSA) is 26.8 Å². The van der Waals surface area contributed by atoms with Crippen molar-refractivity contribution in [2.75, 3.05) is 53.4 Å². The standard InChI is InChI=1S/C17H27N3O/c1-18(2)10-11-19-12-14-20(15-13-19)17(21)9-8-16-6-4-3-5-7-16/h3-7H,8-15H2,1-2H3. The minimum atomic E-state index is 0.297. The molecule has 4 nitrogen and oxygen atoms in total. The van der Waals surface area contributed by atoms with E-state index in [0.717, 1.165) is 45.7 Å². The third-order valence-electron chi connectivity index (χ3n) is 4.06. The maximum Gasteiger partial charge on any atom is 0.222 e. The van der Waals surface area contributed by atoms with Gasteiger partial charge in [0.2, 0.25) is 5.91 Å². The third kappa shape index (κ3) is 5.48. The zero-order chi connectivity index (χ0) is 15.1. The van der Waals surface area contributed by atoms with E-state index in [2.05, 4.69) is 36.0 Å². The van der Waals surface area contributed by atoms with Crippen LogP contribution in [0.15, 0.2) is 30.3 Å². The van der Waals surface area contributed by atoms with Crippen LogP contribution >= 0.6 is 0 Å². The van der Waals surface area contributed by atoms with E-state index in [4.69, 9.17) is 0 Å². The highest BCUT2D eigenvalue weighted by Crippen LogP contribution is 2.07.